The molecule has 0 heterocycles. The third-order valence-electron chi connectivity index (χ3n) is 1.23. The number of phenols is 1. The predicted octanol–water partition coefficient (Wildman–Crippen LogP) is 3.70. The lowest BCUT2D eigenvalue weighted by molar-refractivity contribution is 0.472. The second kappa shape index (κ2) is 3.78. The first-order valence-corrected chi connectivity index (χ1v) is 5.17. The Labute approximate surface area is 86.6 Å². The quantitative estimate of drug-likeness (QED) is 0.784. The van der Waals surface area contributed by atoms with E-state index in [9.17, 15) is 5.11 Å². The summed E-state index contributed by atoms with van der Waals surface area (Å²) in [5.74, 6) is 0.0939. The third-order valence-corrected chi connectivity index (χ3v) is 2.77. The van der Waals surface area contributed by atoms with Crippen molar-refractivity contribution in [2.24, 2.45) is 0 Å². The molecular formula is C7H5Br2ClO. The number of phenolic OH excluding ortho intramolecular Hbond substituents is 1. The van der Waals surface area contributed by atoms with Crippen molar-refractivity contribution < 1.29 is 5.11 Å². The number of aromatic hydroxyl groups is 1. The van der Waals surface area contributed by atoms with Crippen molar-refractivity contribution in [3.05, 3.63) is 27.2 Å². The average molecular weight is 300 g/mol. The van der Waals surface area contributed by atoms with Crippen molar-refractivity contribution in [3.63, 3.8) is 0 Å². The summed E-state index contributed by atoms with van der Waals surface area (Å²) >= 11 is 12.2. The predicted molar refractivity (Wildman–Crippen MR) is 53.4 cm³/mol. The van der Waals surface area contributed by atoms with E-state index in [0.29, 0.717) is 9.50 Å². The van der Waals surface area contributed by atoms with Gasteiger partial charge in [-0.15, -0.1) is 0 Å². The first-order chi connectivity index (χ1) is 5.15. The van der Waals surface area contributed by atoms with Crippen molar-refractivity contribution in [2.45, 2.75) is 5.33 Å². The van der Waals surface area contributed by atoms with Crippen LogP contribution in [0.25, 0.3) is 0 Å². The Morgan fingerprint density at radius 1 is 1.45 bits per heavy atom. The van der Waals surface area contributed by atoms with Crippen molar-refractivity contribution in [2.75, 3.05) is 0 Å². The third kappa shape index (κ3) is 2.10. The van der Waals surface area contributed by atoms with Gasteiger partial charge >= 0.3 is 0 Å². The highest BCUT2D eigenvalue weighted by Crippen LogP contribution is 2.33. The summed E-state index contributed by atoms with van der Waals surface area (Å²) in [6.45, 7) is 0. The Morgan fingerprint density at radius 3 is 2.55 bits per heavy atom. The molecule has 0 bridgehead atoms. The molecular weight excluding hydrogens is 295 g/mol. The van der Waals surface area contributed by atoms with Crippen LogP contribution in [0.3, 0.4) is 0 Å². The van der Waals surface area contributed by atoms with E-state index in [1.165, 1.54) is 0 Å². The highest BCUT2D eigenvalue weighted by atomic mass is 79.9. The SMILES string of the molecule is Oc1c(Cl)cc(CBr)cc1Br. The molecule has 0 aromatic heterocycles. The summed E-state index contributed by atoms with van der Waals surface area (Å²) in [6, 6.07) is 3.53. The molecule has 0 fully saturated rings. The van der Waals surface area contributed by atoms with E-state index < -0.39 is 0 Å². The number of benzene rings is 1. The highest BCUT2D eigenvalue weighted by molar-refractivity contribution is 9.10. The molecule has 1 rings (SSSR count). The van der Waals surface area contributed by atoms with Crippen LogP contribution in [0.15, 0.2) is 16.6 Å². The van der Waals surface area contributed by atoms with Crippen LogP contribution < -0.4 is 0 Å². The fraction of sp³-hybridized carbons (Fsp3) is 0.143. The molecule has 1 N–H and O–H groups in total. The zero-order chi connectivity index (χ0) is 8.43. The molecule has 0 radical (unpaired) electrons. The van der Waals surface area contributed by atoms with Gasteiger partial charge in [-0.3, -0.25) is 0 Å². The Kier molecular flexibility index (Phi) is 3.22. The van der Waals surface area contributed by atoms with E-state index in [4.69, 9.17) is 11.6 Å². The fourth-order valence-electron chi connectivity index (χ4n) is 0.695. The normalized spacial score (nSPS) is 10.1. The van der Waals surface area contributed by atoms with Crippen molar-refractivity contribution in [3.8, 4) is 5.75 Å². The van der Waals surface area contributed by atoms with Gasteiger partial charge in [0.2, 0.25) is 0 Å². The van der Waals surface area contributed by atoms with E-state index in [0.717, 1.165) is 10.9 Å². The Hall–Kier alpha value is 0.270. The molecule has 60 valence electrons. The van der Waals surface area contributed by atoms with Crippen LogP contribution in [-0.2, 0) is 5.33 Å². The number of halogens is 3. The van der Waals surface area contributed by atoms with Gasteiger partial charge in [0.15, 0.2) is 0 Å². The zero-order valence-corrected chi connectivity index (χ0v) is 9.37. The lowest BCUT2D eigenvalue weighted by Crippen LogP contribution is -1.79. The van der Waals surface area contributed by atoms with Gasteiger partial charge in [-0.2, -0.15) is 0 Å². The van der Waals surface area contributed by atoms with E-state index in [1.807, 2.05) is 6.07 Å². The molecule has 1 nitrogen and oxygen atoms in total. The van der Waals surface area contributed by atoms with E-state index in [2.05, 4.69) is 31.9 Å². The number of hydrogen-bond acceptors (Lipinski definition) is 1. The van der Waals surface area contributed by atoms with Gasteiger partial charge in [-0.1, -0.05) is 27.5 Å². The standard InChI is InChI=1S/C7H5Br2ClO/c8-3-4-1-5(9)7(11)6(10)2-4/h1-2,11H,3H2. The van der Waals surface area contributed by atoms with Crippen LogP contribution in [0.5, 0.6) is 5.75 Å². The van der Waals surface area contributed by atoms with Crippen molar-refractivity contribution in [1.29, 1.82) is 0 Å². The summed E-state index contributed by atoms with van der Waals surface area (Å²) < 4.78 is 0.624. The van der Waals surface area contributed by atoms with E-state index in [-0.39, 0.29) is 5.75 Å². The maximum atomic E-state index is 9.23. The first kappa shape index (κ1) is 9.36. The molecule has 11 heavy (non-hydrogen) atoms. The number of alkyl halides is 1. The minimum atomic E-state index is 0.0939. The van der Waals surface area contributed by atoms with Crippen molar-refractivity contribution >= 4 is 43.5 Å². The van der Waals surface area contributed by atoms with Gasteiger partial charge in [0, 0.05) is 5.33 Å². The molecule has 0 aliphatic rings. The van der Waals surface area contributed by atoms with Crippen LogP contribution in [0.1, 0.15) is 5.56 Å². The monoisotopic (exact) mass is 298 g/mol. The molecule has 1 aromatic rings. The highest BCUT2D eigenvalue weighted by Gasteiger charge is 2.04. The molecule has 0 aliphatic carbocycles. The number of rotatable bonds is 1. The summed E-state index contributed by atoms with van der Waals surface area (Å²) in [5, 5.41) is 10.3. The molecule has 0 spiro atoms. The summed E-state index contributed by atoms with van der Waals surface area (Å²) in [6.07, 6.45) is 0. The van der Waals surface area contributed by atoms with Crippen LogP contribution in [0, 0.1) is 0 Å². The zero-order valence-electron chi connectivity index (χ0n) is 5.44. The minimum absolute atomic E-state index is 0.0939. The van der Waals surface area contributed by atoms with E-state index in [1.54, 1.807) is 6.07 Å². The number of hydrogen-bond donors (Lipinski definition) is 1. The largest absolute Gasteiger partial charge is 0.505 e. The lowest BCUT2D eigenvalue weighted by Gasteiger charge is -2.01. The minimum Gasteiger partial charge on any atom is -0.505 e. The van der Waals surface area contributed by atoms with Crippen molar-refractivity contribution in [1.82, 2.24) is 0 Å². The topological polar surface area (TPSA) is 20.2 Å². The van der Waals surface area contributed by atoms with Gasteiger partial charge in [0.25, 0.3) is 0 Å². The summed E-state index contributed by atoms with van der Waals surface area (Å²) in [7, 11) is 0. The summed E-state index contributed by atoms with van der Waals surface area (Å²) in [4.78, 5) is 0. The van der Waals surface area contributed by atoms with Gasteiger partial charge < -0.3 is 5.11 Å². The Balaban J connectivity index is 3.21. The molecule has 4 heteroatoms. The van der Waals surface area contributed by atoms with Crippen LogP contribution in [0.4, 0.5) is 0 Å². The molecule has 1 aromatic carbocycles. The Bertz CT molecular complexity index is 252. The van der Waals surface area contributed by atoms with Gasteiger partial charge in [-0.25, -0.2) is 0 Å². The second-order valence-electron chi connectivity index (χ2n) is 2.04. The Morgan fingerprint density at radius 2 is 2.09 bits per heavy atom. The maximum Gasteiger partial charge on any atom is 0.148 e. The molecule has 0 saturated heterocycles. The van der Waals surface area contributed by atoms with Gasteiger partial charge in [0.05, 0.1) is 9.50 Å². The average Bonchev–Trinajstić information content (AvgIpc) is 1.99. The first-order valence-electron chi connectivity index (χ1n) is 2.88. The second-order valence-corrected chi connectivity index (χ2v) is 3.86. The fourth-order valence-corrected chi connectivity index (χ4v) is 1.88. The van der Waals surface area contributed by atoms with E-state index >= 15 is 0 Å². The van der Waals surface area contributed by atoms with Gasteiger partial charge in [0.1, 0.15) is 5.75 Å². The maximum absolute atomic E-state index is 9.23. The summed E-state index contributed by atoms with van der Waals surface area (Å²) in [5.41, 5.74) is 1.03. The molecule has 0 atom stereocenters. The molecule has 0 amide bonds. The van der Waals surface area contributed by atoms with Crippen LogP contribution in [-0.4, -0.2) is 5.11 Å². The van der Waals surface area contributed by atoms with Gasteiger partial charge in [-0.05, 0) is 33.6 Å². The van der Waals surface area contributed by atoms with Crippen LogP contribution >= 0.6 is 43.5 Å². The smallest absolute Gasteiger partial charge is 0.148 e. The molecule has 0 saturated carbocycles. The molecule has 0 unspecified atom stereocenters. The lowest BCUT2D eigenvalue weighted by atomic mass is 10.2. The van der Waals surface area contributed by atoms with Crippen LogP contribution in [0.2, 0.25) is 5.02 Å². The molecule has 0 aliphatic heterocycles.